The minimum atomic E-state index is -3.58. The van der Waals surface area contributed by atoms with Gasteiger partial charge in [0.05, 0.1) is 11.7 Å². The second-order valence-electron chi connectivity index (χ2n) is 4.50. The third-order valence-electron chi connectivity index (χ3n) is 2.87. The Morgan fingerprint density at radius 3 is 2.69 bits per heavy atom. The van der Waals surface area contributed by atoms with Crippen molar-refractivity contribution in [2.24, 2.45) is 0 Å². The van der Waals surface area contributed by atoms with Gasteiger partial charge in [-0.3, -0.25) is 0 Å². The van der Waals surface area contributed by atoms with E-state index in [-0.39, 0.29) is 13.0 Å². The second kappa shape index (κ2) is 4.70. The van der Waals surface area contributed by atoms with Gasteiger partial charge in [-0.2, -0.15) is 9.57 Å². The van der Waals surface area contributed by atoms with Crippen LogP contribution in [0.5, 0.6) is 0 Å². The maximum Gasteiger partial charge on any atom is 0.230 e. The number of nitriles is 1. The van der Waals surface area contributed by atoms with Crippen molar-refractivity contribution in [2.75, 3.05) is 13.1 Å². The van der Waals surface area contributed by atoms with Crippen LogP contribution in [0.2, 0.25) is 0 Å². The number of sulfonamides is 1. The molecular formula is C10H18N2O3S. The third kappa shape index (κ3) is 2.73. The Morgan fingerprint density at radius 1 is 1.62 bits per heavy atom. The van der Waals surface area contributed by atoms with Crippen LogP contribution >= 0.6 is 0 Å². The first-order chi connectivity index (χ1) is 7.33. The summed E-state index contributed by atoms with van der Waals surface area (Å²) in [6.45, 7) is 3.79. The van der Waals surface area contributed by atoms with Crippen LogP contribution < -0.4 is 0 Å². The van der Waals surface area contributed by atoms with Gasteiger partial charge in [-0.15, -0.1) is 0 Å². The molecule has 6 heteroatoms. The van der Waals surface area contributed by atoms with Crippen molar-refractivity contribution in [3.8, 4) is 6.07 Å². The van der Waals surface area contributed by atoms with E-state index in [0.29, 0.717) is 19.4 Å². The van der Waals surface area contributed by atoms with Gasteiger partial charge in [-0.1, -0.05) is 6.92 Å². The molecule has 2 atom stereocenters. The number of nitrogens with zero attached hydrogens (tertiary/aromatic N) is 2. The highest BCUT2D eigenvalue weighted by molar-refractivity contribution is 7.90. The molecule has 92 valence electrons. The van der Waals surface area contributed by atoms with E-state index in [4.69, 9.17) is 5.26 Å². The average Bonchev–Trinajstić information content (AvgIpc) is 2.17. The maximum atomic E-state index is 12.0. The van der Waals surface area contributed by atoms with Gasteiger partial charge in [0.1, 0.15) is 0 Å². The van der Waals surface area contributed by atoms with E-state index in [1.54, 1.807) is 19.9 Å². The Balaban J connectivity index is 2.89. The fourth-order valence-corrected chi connectivity index (χ4v) is 3.70. The summed E-state index contributed by atoms with van der Waals surface area (Å²) < 4.78 is 25.3. The molecular weight excluding hydrogens is 228 g/mol. The van der Waals surface area contributed by atoms with Gasteiger partial charge in [-0.25, -0.2) is 8.42 Å². The largest absolute Gasteiger partial charge is 0.389 e. The molecule has 0 saturated carbocycles. The van der Waals surface area contributed by atoms with Crippen LogP contribution in [0.25, 0.3) is 0 Å². The van der Waals surface area contributed by atoms with Crippen LogP contribution in [0.1, 0.15) is 33.1 Å². The molecule has 0 radical (unpaired) electrons. The van der Waals surface area contributed by atoms with E-state index in [9.17, 15) is 13.5 Å². The minimum absolute atomic E-state index is 0.0908. The lowest BCUT2D eigenvalue weighted by molar-refractivity contribution is 0.00926. The highest BCUT2D eigenvalue weighted by Gasteiger charge is 2.38. The normalized spacial score (nSPS) is 29.6. The zero-order chi connectivity index (χ0) is 12.4. The Labute approximate surface area is 96.7 Å². The van der Waals surface area contributed by atoms with E-state index in [1.807, 2.05) is 0 Å². The SMILES string of the molecule is CCC(C#N)S(=O)(=O)N1CCCC(C)(O)C1. The topological polar surface area (TPSA) is 81.4 Å². The molecule has 5 nitrogen and oxygen atoms in total. The molecule has 1 heterocycles. The Kier molecular flexibility index (Phi) is 3.94. The fraction of sp³-hybridized carbons (Fsp3) is 0.900. The van der Waals surface area contributed by atoms with Crippen molar-refractivity contribution in [1.82, 2.24) is 4.31 Å². The van der Waals surface area contributed by atoms with Crippen LogP contribution in [0.15, 0.2) is 0 Å². The van der Waals surface area contributed by atoms with Crippen molar-refractivity contribution >= 4 is 10.0 Å². The molecule has 1 aliphatic rings. The van der Waals surface area contributed by atoms with Gasteiger partial charge in [0.15, 0.2) is 5.25 Å². The van der Waals surface area contributed by atoms with Crippen LogP contribution in [0, 0.1) is 11.3 Å². The van der Waals surface area contributed by atoms with Crippen molar-refractivity contribution in [3.63, 3.8) is 0 Å². The summed E-state index contributed by atoms with van der Waals surface area (Å²) >= 11 is 0. The summed E-state index contributed by atoms with van der Waals surface area (Å²) in [5, 5.41) is 17.7. The van der Waals surface area contributed by atoms with E-state index in [0.717, 1.165) is 0 Å². The maximum absolute atomic E-state index is 12.0. The molecule has 0 aromatic carbocycles. The smallest absolute Gasteiger partial charge is 0.230 e. The fourth-order valence-electron chi connectivity index (χ4n) is 1.94. The lowest BCUT2D eigenvalue weighted by Crippen LogP contribution is -2.50. The van der Waals surface area contributed by atoms with Gasteiger partial charge in [-0.05, 0) is 26.2 Å². The standard InChI is InChI=1S/C10H18N2O3S/c1-3-9(7-11)16(14,15)12-6-4-5-10(2,13)8-12/h9,13H,3-6,8H2,1-2H3. The summed E-state index contributed by atoms with van der Waals surface area (Å²) in [7, 11) is -3.58. The molecule has 2 unspecified atom stereocenters. The lowest BCUT2D eigenvalue weighted by Gasteiger charge is -2.36. The lowest BCUT2D eigenvalue weighted by atomic mass is 9.97. The van der Waals surface area contributed by atoms with Crippen molar-refractivity contribution < 1.29 is 13.5 Å². The molecule has 1 saturated heterocycles. The second-order valence-corrected chi connectivity index (χ2v) is 6.62. The minimum Gasteiger partial charge on any atom is -0.389 e. The molecule has 0 aliphatic carbocycles. The predicted molar refractivity (Wildman–Crippen MR) is 60.0 cm³/mol. The van der Waals surface area contributed by atoms with Gasteiger partial charge in [0, 0.05) is 13.1 Å². The number of rotatable bonds is 3. The number of hydrogen-bond donors (Lipinski definition) is 1. The number of aliphatic hydroxyl groups is 1. The van der Waals surface area contributed by atoms with Crippen LogP contribution in [-0.2, 0) is 10.0 Å². The summed E-state index contributed by atoms with van der Waals surface area (Å²) in [4.78, 5) is 0. The average molecular weight is 246 g/mol. The summed E-state index contributed by atoms with van der Waals surface area (Å²) in [6, 6.07) is 1.81. The Hall–Kier alpha value is -0.640. The first-order valence-electron chi connectivity index (χ1n) is 5.44. The molecule has 1 rings (SSSR count). The molecule has 16 heavy (non-hydrogen) atoms. The number of β-amino-alcohol motifs (C(OH)–C–C–N with tert-alkyl or cyclic N) is 1. The molecule has 1 N–H and O–H groups in total. The van der Waals surface area contributed by atoms with E-state index >= 15 is 0 Å². The van der Waals surface area contributed by atoms with Gasteiger partial charge in [0.2, 0.25) is 10.0 Å². The Morgan fingerprint density at radius 2 is 2.25 bits per heavy atom. The van der Waals surface area contributed by atoms with Crippen LogP contribution in [-0.4, -0.2) is 41.8 Å². The zero-order valence-corrected chi connectivity index (χ0v) is 10.5. The van der Waals surface area contributed by atoms with Crippen molar-refractivity contribution in [1.29, 1.82) is 5.26 Å². The van der Waals surface area contributed by atoms with Gasteiger partial charge >= 0.3 is 0 Å². The van der Waals surface area contributed by atoms with E-state index in [2.05, 4.69) is 0 Å². The molecule has 0 aromatic heterocycles. The van der Waals surface area contributed by atoms with E-state index < -0.39 is 20.9 Å². The van der Waals surface area contributed by atoms with Crippen molar-refractivity contribution in [2.45, 2.75) is 44.0 Å². The molecule has 1 fully saturated rings. The zero-order valence-electron chi connectivity index (χ0n) is 9.68. The van der Waals surface area contributed by atoms with Crippen LogP contribution in [0.3, 0.4) is 0 Å². The summed E-state index contributed by atoms with van der Waals surface area (Å²) in [5.41, 5.74) is -0.973. The van der Waals surface area contributed by atoms with E-state index in [1.165, 1.54) is 4.31 Å². The molecule has 0 spiro atoms. The highest BCUT2D eigenvalue weighted by atomic mass is 32.2. The third-order valence-corrected chi connectivity index (χ3v) is 5.06. The predicted octanol–water partition coefficient (Wildman–Crippen LogP) is 0.465. The number of piperidine rings is 1. The highest BCUT2D eigenvalue weighted by Crippen LogP contribution is 2.24. The summed E-state index contributed by atoms with van der Waals surface area (Å²) in [5.74, 6) is 0. The van der Waals surface area contributed by atoms with Crippen molar-refractivity contribution in [3.05, 3.63) is 0 Å². The summed E-state index contributed by atoms with van der Waals surface area (Å²) in [6.07, 6.45) is 1.51. The molecule has 0 aromatic rings. The monoisotopic (exact) mass is 246 g/mol. The van der Waals surface area contributed by atoms with Gasteiger partial charge in [0.25, 0.3) is 0 Å². The van der Waals surface area contributed by atoms with Gasteiger partial charge < -0.3 is 5.11 Å². The number of hydrogen-bond acceptors (Lipinski definition) is 4. The Bertz CT molecular complexity index is 383. The molecule has 1 aliphatic heterocycles. The molecule has 0 amide bonds. The quantitative estimate of drug-likeness (QED) is 0.784. The first kappa shape index (κ1) is 13.4. The van der Waals surface area contributed by atoms with Crippen LogP contribution in [0.4, 0.5) is 0 Å². The first-order valence-corrected chi connectivity index (χ1v) is 6.95. The molecule has 0 bridgehead atoms.